The van der Waals surface area contributed by atoms with Crippen LogP contribution in [0.4, 0.5) is 5.69 Å². The first kappa shape index (κ1) is 15.4. The molecular formula is C15H18ClN3O2. The van der Waals surface area contributed by atoms with Crippen molar-refractivity contribution in [3.05, 3.63) is 40.7 Å². The van der Waals surface area contributed by atoms with Gasteiger partial charge in [0.05, 0.1) is 12.1 Å². The smallest absolute Gasteiger partial charge is 0.276 e. The van der Waals surface area contributed by atoms with Crippen LogP contribution in [-0.4, -0.2) is 22.8 Å². The molecule has 0 aliphatic carbocycles. The summed E-state index contributed by atoms with van der Waals surface area (Å²) in [6.07, 6.45) is 0. The molecule has 1 aromatic heterocycles. The molecular weight excluding hydrogens is 290 g/mol. The van der Waals surface area contributed by atoms with Gasteiger partial charge in [0.2, 0.25) is 0 Å². The molecule has 0 aliphatic heterocycles. The molecule has 1 heterocycles. The minimum absolute atomic E-state index is 0.210. The van der Waals surface area contributed by atoms with E-state index in [1.807, 2.05) is 25.5 Å². The fourth-order valence-electron chi connectivity index (χ4n) is 2.06. The van der Waals surface area contributed by atoms with Gasteiger partial charge in [-0.05, 0) is 45.0 Å². The summed E-state index contributed by atoms with van der Waals surface area (Å²) in [4.78, 5) is 12.2. The predicted octanol–water partition coefficient (Wildman–Crippen LogP) is 3.69. The lowest BCUT2D eigenvalue weighted by Gasteiger charge is -2.08. The van der Waals surface area contributed by atoms with Crippen LogP contribution in [-0.2, 0) is 0 Å². The maximum Gasteiger partial charge on any atom is 0.276 e. The average Bonchev–Trinajstić information content (AvgIpc) is 2.81. The van der Waals surface area contributed by atoms with E-state index in [1.165, 1.54) is 0 Å². The van der Waals surface area contributed by atoms with Crippen LogP contribution in [0.15, 0.2) is 24.3 Å². The van der Waals surface area contributed by atoms with E-state index in [2.05, 4.69) is 10.4 Å². The van der Waals surface area contributed by atoms with Gasteiger partial charge in [-0.3, -0.25) is 9.48 Å². The average molecular weight is 308 g/mol. The summed E-state index contributed by atoms with van der Waals surface area (Å²) in [5, 5.41) is 7.53. The van der Waals surface area contributed by atoms with Gasteiger partial charge >= 0.3 is 0 Å². The van der Waals surface area contributed by atoms with Crippen LogP contribution >= 0.6 is 11.6 Å². The largest absolute Gasteiger partial charge is 0.495 e. The Morgan fingerprint density at radius 3 is 2.62 bits per heavy atom. The second-order valence-electron chi connectivity index (χ2n) is 5.01. The number of nitrogens with one attached hydrogen (secondary N) is 1. The lowest BCUT2D eigenvalue weighted by molar-refractivity contribution is 0.102. The van der Waals surface area contributed by atoms with E-state index in [9.17, 15) is 4.79 Å². The quantitative estimate of drug-likeness (QED) is 0.937. The number of benzene rings is 1. The third-order valence-electron chi connectivity index (χ3n) is 3.05. The Labute approximate surface area is 128 Å². The second kappa shape index (κ2) is 6.18. The Morgan fingerprint density at radius 1 is 1.38 bits per heavy atom. The lowest BCUT2D eigenvalue weighted by Crippen LogP contribution is -2.14. The van der Waals surface area contributed by atoms with Crippen LogP contribution in [0.3, 0.4) is 0 Å². The van der Waals surface area contributed by atoms with Crippen molar-refractivity contribution in [1.82, 2.24) is 9.78 Å². The van der Waals surface area contributed by atoms with Crippen LogP contribution in [0.25, 0.3) is 0 Å². The number of aryl methyl sites for hydroxylation is 1. The van der Waals surface area contributed by atoms with Crippen molar-refractivity contribution in [2.45, 2.75) is 26.8 Å². The number of halogens is 1. The number of carbonyl (C=O) groups is 1. The van der Waals surface area contributed by atoms with E-state index in [0.29, 0.717) is 22.2 Å². The van der Waals surface area contributed by atoms with Crippen LogP contribution in [0.1, 0.15) is 36.1 Å². The zero-order valence-electron chi connectivity index (χ0n) is 12.5. The number of ether oxygens (including phenoxy) is 1. The molecule has 21 heavy (non-hydrogen) atoms. The van der Waals surface area contributed by atoms with Gasteiger partial charge in [0.25, 0.3) is 5.91 Å². The fourth-order valence-corrected chi connectivity index (χ4v) is 2.32. The van der Waals surface area contributed by atoms with Gasteiger partial charge in [-0.15, -0.1) is 0 Å². The van der Waals surface area contributed by atoms with Crippen LogP contribution in [0.2, 0.25) is 5.02 Å². The van der Waals surface area contributed by atoms with Crippen molar-refractivity contribution in [2.24, 2.45) is 0 Å². The van der Waals surface area contributed by atoms with Crippen molar-refractivity contribution in [2.75, 3.05) is 12.4 Å². The number of carbonyl (C=O) groups excluding carboxylic acids is 1. The number of methoxy groups -OCH3 is 1. The summed E-state index contributed by atoms with van der Waals surface area (Å²) in [5.74, 6) is 0.299. The maximum absolute atomic E-state index is 12.2. The summed E-state index contributed by atoms with van der Waals surface area (Å²) in [6, 6.07) is 7.05. The van der Waals surface area contributed by atoms with Crippen molar-refractivity contribution in [3.8, 4) is 5.75 Å². The van der Waals surface area contributed by atoms with Crippen molar-refractivity contribution >= 4 is 23.2 Å². The number of rotatable bonds is 4. The van der Waals surface area contributed by atoms with Crippen LogP contribution < -0.4 is 10.1 Å². The normalized spacial score (nSPS) is 10.8. The molecule has 0 radical (unpaired) electrons. The monoisotopic (exact) mass is 307 g/mol. The molecule has 0 aliphatic rings. The van der Waals surface area contributed by atoms with Gasteiger partial charge in [-0.1, -0.05) is 11.6 Å². The predicted molar refractivity (Wildman–Crippen MR) is 83.3 cm³/mol. The summed E-state index contributed by atoms with van der Waals surface area (Å²) in [7, 11) is 1.54. The zero-order valence-corrected chi connectivity index (χ0v) is 13.2. The highest BCUT2D eigenvalue weighted by molar-refractivity contribution is 6.32. The molecule has 1 aromatic carbocycles. The van der Waals surface area contributed by atoms with Crippen LogP contribution in [0, 0.1) is 6.92 Å². The Hall–Kier alpha value is -2.01. The minimum atomic E-state index is -0.265. The highest BCUT2D eigenvalue weighted by Gasteiger charge is 2.14. The third-order valence-corrected chi connectivity index (χ3v) is 3.35. The van der Waals surface area contributed by atoms with Gasteiger partial charge in [-0.25, -0.2) is 0 Å². The minimum Gasteiger partial charge on any atom is -0.495 e. The Kier molecular flexibility index (Phi) is 4.53. The van der Waals surface area contributed by atoms with Gasteiger partial charge < -0.3 is 10.1 Å². The highest BCUT2D eigenvalue weighted by Crippen LogP contribution is 2.27. The molecule has 1 N–H and O–H groups in total. The lowest BCUT2D eigenvalue weighted by atomic mass is 10.3. The molecule has 0 bridgehead atoms. The topological polar surface area (TPSA) is 56.1 Å². The molecule has 0 atom stereocenters. The van der Waals surface area contributed by atoms with E-state index < -0.39 is 0 Å². The van der Waals surface area contributed by atoms with E-state index in [1.54, 1.807) is 31.4 Å². The Morgan fingerprint density at radius 2 is 2.10 bits per heavy atom. The second-order valence-corrected chi connectivity index (χ2v) is 5.42. The summed E-state index contributed by atoms with van der Waals surface area (Å²) >= 11 is 6.03. The van der Waals surface area contributed by atoms with Gasteiger partial charge in [0, 0.05) is 17.4 Å². The number of aromatic nitrogens is 2. The highest BCUT2D eigenvalue weighted by atomic mass is 35.5. The molecule has 2 rings (SSSR count). The third kappa shape index (κ3) is 3.36. The summed E-state index contributed by atoms with van der Waals surface area (Å²) < 4.78 is 6.89. The first-order chi connectivity index (χ1) is 9.92. The van der Waals surface area contributed by atoms with E-state index >= 15 is 0 Å². The van der Waals surface area contributed by atoms with E-state index in [4.69, 9.17) is 16.3 Å². The Bertz CT molecular complexity index is 665. The van der Waals surface area contributed by atoms with Gasteiger partial charge in [0.1, 0.15) is 5.75 Å². The molecule has 0 unspecified atom stereocenters. The number of anilines is 1. The standard InChI is InChI=1S/C15H18ClN3O2/c1-9(2)19-10(3)7-13(18-19)15(20)17-11-5-6-14(21-4)12(16)8-11/h5-9H,1-4H3,(H,17,20). The van der Waals surface area contributed by atoms with Gasteiger partial charge in [0.15, 0.2) is 5.69 Å². The molecule has 1 amide bonds. The van der Waals surface area contributed by atoms with Crippen molar-refractivity contribution in [1.29, 1.82) is 0 Å². The molecule has 2 aromatic rings. The number of hydrogen-bond acceptors (Lipinski definition) is 3. The molecule has 0 fully saturated rings. The first-order valence-electron chi connectivity index (χ1n) is 6.63. The van der Waals surface area contributed by atoms with Crippen molar-refractivity contribution < 1.29 is 9.53 Å². The molecule has 0 spiro atoms. The van der Waals surface area contributed by atoms with E-state index in [-0.39, 0.29) is 11.9 Å². The zero-order chi connectivity index (χ0) is 15.6. The molecule has 112 valence electrons. The SMILES string of the molecule is COc1ccc(NC(=O)c2cc(C)n(C(C)C)n2)cc1Cl. The number of amides is 1. The van der Waals surface area contributed by atoms with Crippen molar-refractivity contribution in [3.63, 3.8) is 0 Å². The summed E-state index contributed by atoms with van der Waals surface area (Å²) in [5.41, 5.74) is 1.93. The van der Waals surface area contributed by atoms with Crippen LogP contribution in [0.5, 0.6) is 5.75 Å². The number of nitrogens with zero attached hydrogens (tertiary/aromatic N) is 2. The Balaban J connectivity index is 2.18. The fraction of sp³-hybridized carbons (Fsp3) is 0.333. The first-order valence-corrected chi connectivity index (χ1v) is 7.01. The molecule has 0 saturated carbocycles. The van der Waals surface area contributed by atoms with E-state index in [0.717, 1.165) is 5.69 Å². The van der Waals surface area contributed by atoms with Gasteiger partial charge in [-0.2, -0.15) is 5.10 Å². The molecule has 0 saturated heterocycles. The summed E-state index contributed by atoms with van der Waals surface area (Å²) in [6.45, 7) is 5.96. The molecule has 6 heteroatoms. The molecule has 5 nitrogen and oxygen atoms in total. The number of hydrogen-bond donors (Lipinski definition) is 1. The maximum atomic E-state index is 12.2.